The van der Waals surface area contributed by atoms with Crippen molar-refractivity contribution in [2.45, 2.75) is 246 Å². The molecule has 0 atom stereocenters. The lowest BCUT2D eigenvalue weighted by molar-refractivity contribution is -0.135. The first kappa shape index (κ1) is 51.3. The SMILES string of the molecule is CCCCCCCCCCCCCCCCCC(=O)Oc1ccc(/C(CC)=C(\CC)c2ccc(OC(=O)CCCCCCCCCCCCCCCCC)cc2)cc1. The second-order valence-electron chi connectivity index (χ2n) is 17.1. The Morgan fingerprint density at radius 1 is 0.328 bits per heavy atom. The van der Waals surface area contributed by atoms with E-state index >= 15 is 0 Å². The number of ether oxygens (including phenoxy) is 2. The summed E-state index contributed by atoms with van der Waals surface area (Å²) < 4.78 is 11.4. The molecular weight excluding hydrogens is 713 g/mol. The van der Waals surface area contributed by atoms with E-state index in [1.165, 1.54) is 178 Å². The number of benzene rings is 2. The molecule has 0 fully saturated rings. The van der Waals surface area contributed by atoms with Gasteiger partial charge < -0.3 is 9.47 Å². The second-order valence-corrected chi connectivity index (χ2v) is 17.1. The van der Waals surface area contributed by atoms with Gasteiger partial charge in [0, 0.05) is 12.8 Å². The Morgan fingerprint density at radius 2 is 0.552 bits per heavy atom. The van der Waals surface area contributed by atoms with Gasteiger partial charge in [0.15, 0.2) is 0 Å². The van der Waals surface area contributed by atoms with Crippen molar-refractivity contribution in [1.29, 1.82) is 0 Å². The third-order valence-electron chi connectivity index (χ3n) is 11.9. The summed E-state index contributed by atoms with van der Waals surface area (Å²) in [6.07, 6.45) is 42.2. The van der Waals surface area contributed by atoms with Gasteiger partial charge in [0.1, 0.15) is 11.5 Å². The van der Waals surface area contributed by atoms with Gasteiger partial charge in [0.25, 0.3) is 0 Å². The molecule has 328 valence electrons. The van der Waals surface area contributed by atoms with Crippen molar-refractivity contribution in [3.05, 3.63) is 59.7 Å². The van der Waals surface area contributed by atoms with E-state index in [9.17, 15) is 9.59 Å². The Balaban J connectivity index is 1.62. The number of hydrogen-bond acceptors (Lipinski definition) is 4. The number of esters is 2. The van der Waals surface area contributed by atoms with Crippen molar-refractivity contribution >= 4 is 23.1 Å². The van der Waals surface area contributed by atoms with Gasteiger partial charge in [-0.1, -0.05) is 232 Å². The molecule has 2 rings (SSSR count). The molecule has 0 unspecified atom stereocenters. The molecule has 2 aromatic carbocycles. The number of allylic oxidation sites excluding steroid dienone is 2. The molecule has 0 spiro atoms. The van der Waals surface area contributed by atoms with Gasteiger partial charge in [-0.3, -0.25) is 9.59 Å². The van der Waals surface area contributed by atoms with E-state index < -0.39 is 0 Å². The van der Waals surface area contributed by atoms with E-state index in [4.69, 9.17) is 9.47 Å². The van der Waals surface area contributed by atoms with E-state index in [2.05, 4.69) is 52.0 Å². The molecule has 0 aliphatic carbocycles. The summed E-state index contributed by atoms with van der Waals surface area (Å²) in [5, 5.41) is 0. The predicted molar refractivity (Wildman–Crippen MR) is 251 cm³/mol. The molecule has 0 saturated heterocycles. The van der Waals surface area contributed by atoms with Crippen LogP contribution in [0.25, 0.3) is 11.1 Å². The third kappa shape index (κ3) is 25.6. The van der Waals surface area contributed by atoms with Crippen molar-refractivity contribution in [3.63, 3.8) is 0 Å². The normalized spacial score (nSPS) is 11.8. The summed E-state index contributed by atoms with van der Waals surface area (Å²) in [6, 6.07) is 16.0. The average Bonchev–Trinajstić information content (AvgIpc) is 3.23. The number of unbranched alkanes of at least 4 members (excludes halogenated alkanes) is 28. The first-order valence-electron chi connectivity index (χ1n) is 24.9. The zero-order valence-electron chi connectivity index (χ0n) is 38.3. The fourth-order valence-corrected chi connectivity index (χ4v) is 8.28. The molecule has 0 amide bonds. The maximum atomic E-state index is 12.6. The molecule has 58 heavy (non-hydrogen) atoms. The summed E-state index contributed by atoms with van der Waals surface area (Å²) in [4.78, 5) is 25.1. The average molecular weight is 801 g/mol. The monoisotopic (exact) mass is 801 g/mol. The zero-order chi connectivity index (χ0) is 41.7. The van der Waals surface area contributed by atoms with Crippen molar-refractivity contribution in [1.82, 2.24) is 0 Å². The van der Waals surface area contributed by atoms with Crippen molar-refractivity contribution in [2.24, 2.45) is 0 Å². The molecule has 4 heteroatoms. The lowest BCUT2D eigenvalue weighted by Crippen LogP contribution is -2.07. The standard InChI is InChI=1S/C54H88O4/c1-5-9-11-13-15-17-19-21-23-25-27-29-31-33-35-37-53(55)57-49-43-39-47(40-44-49)51(7-3)52(8-4)48-41-45-50(46-42-48)58-54(56)38-36-34-32-30-28-26-24-22-20-18-16-14-12-10-6-2/h39-46H,5-38H2,1-4H3/b52-51+. The lowest BCUT2D eigenvalue weighted by atomic mass is 9.91. The zero-order valence-corrected chi connectivity index (χ0v) is 38.3. The van der Waals surface area contributed by atoms with Crippen LogP contribution in [-0.4, -0.2) is 11.9 Å². The third-order valence-corrected chi connectivity index (χ3v) is 11.9. The maximum Gasteiger partial charge on any atom is 0.311 e. The first-order chi connectivity index (χ1) is 28.5. The van der Waals surface area contributed by atoms with Crippen LogP contribution in [0.4, 0.5) is 0 Å². The topological polar surface area (TPSA) is 52.6 Å². The van der Waals surface area contributed by atoms with Gasteiger partial charge in [0.05, 0.1) is 0 Å². The van der Waals surface area contributed by atoms with Crippen LogP contribution in [0.2, 0.25) is 0 Å². The van der Waals surface area contributed by atoms with Crippen LogP contribution in [-0.2, 0) is 9.59 Å². The minimum absolute atomic E-state index is 0.140. The highest BCUT2D eigenvalue weighted by molar-refractivity contribution is 5.91. The molecule has 2 aromatic rings. The quantitative estimate of drug-likeness (QED) is 0.0294. The van der Waals surface area contributed by atoms with Crippen LogP contribution in [0.15, 0.2) is 48.5 Å². The van der Waals surface area contributed by atoms with E-state index in [0.717, 1.165) is 49.7 Å². The Labute approximate surface area is 358 Å². The van der Waals surface area contributed by atoms with E-state index in [1.54, 1.807) is 0 Å². The van der Waals surface area contributed by atoms with Crippen molar-refractivity contribution < 1.29 is 19.1 Å². The Bertz CT molecular complexity index is 1210. The first-order valence-corrected chi connectivity index (χ1v) is 24.9. The fourth-order valence-electron chi connectivity index (χ4n) is 8.28. The molecule has 0 aromatic heterocycles. The smallest absolute Gasteiger partial charge is 0.311 e. The molecule has 0 bridgehead atoms. The molecule has 4 nitrogen and oxygen atoms in total. The van der Waals surface area contributed by atoms with Gasteiger partial charge in [-0.05, 0) is 72.2 Å². The van der Waals surface area contributed by atoms with Gasteiger partial charge in [-0.25, -0.2) is 0 Å². The molecule has 0 aliphatic rings. The summed E-state index contributed by atoms with van der Waals surface area (Å²) in [5.41, 5.74) is 4.83. The highest BCUT2D eigenvalue weighted by Crippen LogP contribution is 2.33. The largest absolute Gasteiger partial charge is 0.427 e. The minimum atomic E-state index is -0.140. The van der Waals surface area contributed by atoms with Gasteiger partial charge in [0.2, 0.25) is 0 Å². The van der Waals surface area contributed by atoms with Crippen molar-refractivity contribution in [2.75, 3.05) is 0 Å². The van der Waals surface area contributed by atoms with E-state index in [-0.39, 0.29) is 11.9 Å². The van der Waals surface area contributed by atoms with E-state index in [0.29, 0.717) is 24.3 Å². The van der Waals surface area contributed by atoms with E-state index in [1.807, 2.05) is 24.3 Å². The molecular formula is C54H88O4. The second kappa shape index (κ2) is 36.0. The van der Waals surface area contributed by atoms with Crippen LogP contribution < -0.4 is 9.47 Å². The van der Waals surface area contributed by atoms with Gasteiger partial charge in [-0.2, -0.15) is 0 Å². The van der Waals surface area contributed by atoms with Crippen LogP contribution in [0.5, 0.6) is 11.5 Å². The van der Waals surface area contributed by atoms with Gasteiger partial charge in [-0.15, -0.1) is 0 Å². The Kier molecular flexibility index (Phi) is 31.8. The summed E-state index contributed by atoms with van der Waals surface area (Å²) in [7, 11) is 0. The number of hydrogen-bond donors (Lipinski definition) is 0. The number of rotatable bonds is 38. The Hall–Kier alpha value is -2.88. The van der Waals surface area contributed by atoms with Crippen molar-refractivity contribution in [3.8, 4) is 11.5 Å². The van der Waals surface area contributed by atoms with Crippen LogP contribution in [0.3, 0.4) is 0 Å². The highest BCUT2D eigenvalue weighted by Gasteiger charge is 2.12. The van der Waals surface area contributed by atoms with Crippen LogP contribution >= 0.6 is 0 Å². The van der Waals surface area contributed by atoms with Crippen LogP contribution in [0, 0.1) is 0 Å². The van der Waals surface area contributed by atoms with Crippen LogP contribution in [0.1, 0.15) is 257 Å². The molecule has 0 aliphatic heterocycles. The predicted octanol–water partition coefficient (Wildman–Crippen LogP) is 17.8. The summed E-state index contributed by atoms with van der Waals surface area (Å²) in [6.45, 7) is 8.93. The molecule has 0 N–H and O–H groups in total. The number of carbonyl (C=O) groups is 2. The fraction of sp³-hybridized carbons (Fsp3) is 0.704. The molecule has 0 heterocycles. The Morgan fingerprint density at radius 3 is 0.776 bits per heavy atom. The lowest BCUT2D eigenvalue weighted by Gasteiger charge is -2.15. The summed E-state index contributed by atoms with van der Waals surface area (Å²) in [5.74, 6) is 0.939. The van der Waals surface area contributed by atoms with Gasteiger partial charge >= 0.3 is 11.9 Å². The summed E-state index contributed by atoms with van der Waals surface area (Å²) >= 11 is 0. The maximum absolute atomic E-state index is 12.6. The highest BCUT2D eigenvalue weighted by atomic mass is 16.5. The number of carbonyl (C=O) groups excluding carboxylic acids is 2. The molecule has 0 saturated carbocycles. The molecule has 0 radical (unpaired) electrons. The minimum Gasteiger partial charge on any atom is -0.427 e.